The second kappa shape index (κ2) is 6.16. The Balaban J connectivity index is 1.63. The molecule has 1 aromatic heterocycles. The SMILES string of the molecule is Cn1cc(NC(=O)CCS(=O)(=O)c2ccc3c(c2)CCC3)cn1. The van der Waals surface area contributed by atoms with Gasteiger partial charge in [0, 0.05) is 19.7 Å². The number of amides is 1. The summed E-state index contributed by atoms with van der Waals surface area (Å²) in [5.74, 6) is -0.527. The number of nitrogens with zero attached hydrogens (tertiary/aromatic N) is 2. The van der Waals surface area contributed by atoms with Gasteiger partial charge in [-0.15, -0.1) is 0 Å². The predicted octanol–water partition coefficient (Wildman–Crippen LogP) is 1.71. The van der Waals surface area contributed by atoms with Gasteiger partial charge in [-0.3, -0.25) is 9.48 Å². The summed E-state index contributed by atoms with van der Waals surface area (Å²) in [4.78, 5) is 12.2. The van der Waals surface area contributed by atoms with E-state index in [9.17, 15) is 13.2 Å². The van der Waals surface area contributed by atoms with Crippen molar-refractivity contribution in [2.75, 3.05) is 11.1 Å². The highest BCUT2D eigenvalue weighted by atomic mass is 32.2. The Morgan fingerprint density at radius 2 is 2.09 bits per heavy atom. The van der Waals surface area contributed by atoms with Crippen LogP contribution in [-0.4, -0.2) is 29.9 Å². The zero-order valence-corrected chi connectivity index (χ0v) is 13.8. The lowest BCUT2D eigenvalue weighted by molar-refractivity contribution is -0.115. The third-order valence-corrected chi connectivity index (χ3v) is 5.73. The van der Waals surface area contributed by atoms with Crippen molar-refractivity contribution in [1.82, 2.24) is 9.78 Å². The molecule has 0 spiro atoms. The van der Waals surface area contributed by atoms with Crippen LogP contribution in [0.3, 0.4) is 0 Å². The molecule has 0 saturated carbocycles. The number of nitrogens with one attached hydrogen (secondary N) is 1. The van der Waals surface area contributed by atoms with Crippen molar-refractivity contribution in [3.05, 3.63) is 41.7 Å². The molecular weight excluding hydrogens is 314 g/mol. The Labute approximate surface area is 135 Å². The zero-order chi connectivity index (χ0) is 16.4. The van der Waals surface area contributed by atoms with E-state index < -0.39 is 9.84 Å². The molecule has 0 bridgehead atoms. The van der Waals surface area contributed by atoms with E-state index in [4.69, 9.17) is 0 Å². The molecule has 0 aliphatic heterocycles. The van der Waals surface area contributed by atoms with Gasteiger partial charge in [0.15, 0.2) is 9.84 Å². The van der Waals surface area contributed by atoms with Crippen molar-refractivity contribution in [1.29, 1.82) is 0 Å². The third kappa shape index (κ3) is 3.61. The lowest BCUT2D eigenvalue weighted by Gasteiger charge is -2.07. The van der Waals surface area contributed by atoms with Crippen LogP contribution in [0.2, 0.25) is 0 Å². The number of rotatable bonds is 5. The maximum absolute atomic E-state index is 12.4. The number of anilines is 1. The summed E-state index contributed by atoms with van der Waals surface area (Å²) in [6.07, 6.45) is 6.13. The smallest absolute Gasteiger partial charge is 0.225 e. The van der Waals surface area contributed by atoms with Gasteiger partial charge in [-0.1, -0.05) is 6.07 Å². The van der Waals surface area contributed by atoms with Gasteiger partial charge in [-0.2, -0.15) is 5.10 Å². The van der Waals surface area contributed by atoms with E-state index in [-0.39, 0.29) is 18.1 Å². The fourth-order valence-corrected chi connectivity index (χ4v) is 4.08. The number of sulfone groups is 1. The lowest BCUT2D eigenvalue weighted by Crippen LogP contribution is -2.17. The number of aryl methyl sites for hydroxylation is 3. The van der Waals surface area contributed by atoms with Crippen LogP contribution in [-0.2, 0) is 34.5 Å². The molecule has 0 radical (unpaired) electrons. The summed E-state index contributed by atoms with van der Waals surface area (Å²) in [7, 11) is -1.70. The number of hydrogen-bond acceptors (Lipinski definition) is 4. The zero-order valence-electron chi connectivity index (χ0n) is 12.9. The van der Waals surface area contributed by atoms with Gasteiger partial charge in [0.05, 0.1) is 22.5 Å². The molecule has 6 nitrogen and oxygen atoms in total. The van der Waals surface area contributed by atoms with E-state index in [2.05, 4.69) is 10.4 Å². The van der Waals surface area contributed by atoms with Crippen LogP contribution < -0.4 is 5.32 Å². The Kier molecular flexibility index (Phi) is 4.21. The van der Waals surface area contributed by atoms with Gasteiger partial charge in [0.1, 0.15) is 0 Å². The molecule has 1 aliphatic rings. The van der Waals surface area contributed by atoms with E-state index in [1.54, 1.807) is 30.1 Å². The van der Waals surface area contributed by atoms with E-state index in [1.807, 2.05) is 6.07 Å². The highest BCUT2D eigenvalue weighted by molar-refractivity contribution is 7.91. The molecule has 0 fully saturated rings. The van der Waals surface area contributed by atoms with Crippen molar-refractivity contribution >= 4 is 21.4 Å². The Hall–Kier alpha value is -2.15. The molecule has 0 atom stereocenters. The summed E-state index contributed by atoms with van der Waals surface area (Å²) in [5, 5.41) is 6.58. The van der Waals surface area contributed by atoms with Crippen molar-refractivity contribution in [3.63, 3.8) is 0 Å². The van der Waals surface area contributed by atoms with Crippen LogP contribution in [0, 0.1) is 0 Å². The summed E-state index contributed by atoms with van der Waals surface area (Å²) in [6, 6.07) is 5.31. The monoisotopic (exact) mass is 333 g/mol. The van der Waals surface area contributed by atoms with Gasteiger partial charge >= 0.3 is 0 Å². The molecule has 7 heteroatoms. The fraction of sp³-hybridized carbons (Fsp3) is 0.375. The number of aromatic nitrogens is 2. The van der Waals surface area contributed by atoms with Gasteiger partial charge < -0.3 is 5.32 Å². The van der Waals surface area contributed by atoms with E-state index in [0.29, 0.717) is 10.6 Å². The minimum Gasteiger partial charge on any atom is -0.323 e. The van der Waals surface area contributed by atoms with E-state index >= 15 is 0 Å². The molecule has 122 valence electrons. The Morgan fingerprint density at radius 1 is 1.30 bits per heavy atom. The third-order valence-electron chi connectivity index (χ3n) is 4.02. The molecule has 1 aromatic carbocycles. The maximum atomic E-state index is 12.4. The molecule has 0 unspecified atom stereocenters. The first-order chi connectivity index (χ1) is 10.9. The summed E-state index contributed by atoms with van der Waals surface area (Å²) in [6.45, 7) is 0. The molecule has 0 saturated heterocycles. The van der Waals surface area contributed by atoms with Crippen molar-refractivity contribution in [2.45, 2.75) is 30.6 Å². The van der Waals surface area contributed by atoms with E-state index in [0.717, 1.165) is 24.8 Å². The first-order valence-corrected chi connectivity index (χ1v) is 9.22. The number of carbonyl (C=O) groups excluding carboxylic acids is 1. The first kappa shape index (κ1) is 15.7. The van der Waals surface area contributed by atoms with E-state index in [1.165, 1.54) is 11.8 Å². The number of fused-ring (bicyclic) bond motifs is 1. The lowest BCUT2D eigenvalue weighted by atomic mass is 10.1. The quantitative estimate of drug-likeness (QED) is 0.903. The van der Waals surface area contributed by atoms with Crippen LogP contribution in [0.25, 0.3) is 0 Å². The molecule has 1 heterocycles. The Morgan fingerprint density at radius 3 is 2.83 bits per heavy atom. The molecule has 1 amide bonds. The van der Waals surface area contributed by atoms with Crippen LogP contribution >= 0.6 is 0 Å². The summed E-state index contributed by atoms with van der Waals surface area (Å²) < 4.78 is 26.4. The van der Waals surface area contributed by atoms with Crippen LogP contribution in [0.5, 0.6) is 0 Å². The molecule has 3 rings (SSSR count). The molecule has 2 aromatic rings. The Bertz CT molecular complexity index is 840. The molecule has 23 heavy (non-hydrogen) atoms. The standard InChI is InChI=1S/C16H19N3O3S/c1-19-11-14(10-17-19)18-16(20)7-8-23(21,22)15-6-5-12-3-2-4-13(12)9-15/h5-6,9-11H,2-4,7-8H2,1H3,(H,18,20). The van der Waals surface area contributed by atoms with Gasteiger partial charge in [-0.05, 0) is 42.5 Å². The molecule has 1 aliphatic carbocycles. The fourth-order valence-electron chi connectivity index (χ4n) is 2.80. The highest BCUT2D eigenvalue weighted by Gasteiger charge is 2.20. The highest BCUT2D eigenvalue weighted by Crippen LogP contribution is 2.25. The minimum absolute atomic E-state index is 0.0751. The van der Waals surface area contributed by atoms with Gasteiger partial charge in [0.2, 0.25) is 5.91 Å². The first-order valence-electron chi connectivity index (χ1n) is 7.57. The maximum Gasteiger partial charge on any atom is 0.225 e. The van der Waals surface area contributed by atoms with Crippen LogP contribution in [0.15, 0.2) is 35.5 Å². The summed E-state index contributed by atoms with van der Waals surface area (Å²) in [5.41, 5.74) is 2.91. The number of carbonyl (C=O) groups is 1. The second-order valence-corrected chi connectivity index (χ2v) is 7.91. The average Bonchev–Trinajstić information content (AvgIpc) is 3.13. The van der Waals surface area contributed by atoms with Crippen molar-refractivity contribution in [3.8, 4) is 0 Å². The van der Waals surface area contributed by atoms with Crippen molar-refractivity contribution < 1.29 is 13.2 Å². The average molecular weight is 333 g/mol. The van der Waals surface area contributed by atoms with Crippen LogP contribution in [0.4, 0.5) is 5.69 Å². The second-order valence-electron chi connectivity index (χ2n) is 5.80. The number of hydrogen-bond donors (Lipinski definition) is 1. The topological polar surface area (TPSA) is 81.1 Å². The minimum atomic E-state index is -3.45. The normalized spacial score (nSPS) is 13.8. The van der Waals surface area contributed by atoms with Crippen LogP contribution in [0.1, 0.15) is 24.0 Å². The summed E-state index contributed by atoms with van der Waals surface area (Å²) >= 11 is 0. The molecule has 1 N–H and O–H groups in total. The van der Waals surface area contributed by atoms with Gasteiger partial charge in [0.25, 0.3) is 0 Å². The predicted molar refractivity (Wildman–Crippen MR) is 87.0 cm³/mol. The number of benzene rings is 1. The molecular formula is C16H19N3O3S. The van der Waals surface area contributed by atoms with Gasteiger partial charge in [-0.25, -0.2) is 8.42 Å². The van der Waals surface area contributed by atoms with Crippen molar-refractivity contribution in [2.24, 2.45) is 7.05 Å². The largest absolute Gasteiger partial charge is 0.323 e.